The summed E-state index contributed by atoms with van der Waals surface area (Å²) < 4.78 is 5.26. The van der Waals surface area contributed by atoms with Gasteiger partial charge in [-0.25, -0.2) is 4.99 Å². The van der Waals surface area contributed by atoms with E-state index >= 15 is 0 Å². The van der Waals surface area contributed by atoms with Crippen molar-refractivity contribution >= 4 is 11.9 Å². The molecule has 2 aliphatic heterocycles. The molecule has 0 unspecified atom stereocenters. The molecule has 0 aliphatic carbocycles. The van der Waals surface area contributed by atoms with Crippen LogP contribution >= 0.6 is 0 Å². The van der Waals surface area contributed by atoms with Crippen LogP contribution in [-0.4, -0.2) is 72.4 Å². The van der Waals surface area contributed by atoms with E-state index < -0.39 is 0 Å². The minimum Gasteiger partial charge on any atom is -0.459 e. The van der Waals surface area contributed by atoms with Gasteiger partial charge in [0.15, 0.2) is 11.7 Å². The van der Waals surface area contributed by atoms with Gasteiger partial charge in [0, 0.05) is 39.3 Å². The number of carbonyl (C=O) groups excluding carboxylic acids is 1. The Morgan fingerprint density at radius 2 is 1.62 bits per heavy atom. The van der Waals surface area contributed by atoms with Crippen molar-refractivity contribution in [1.82, 2.24) is 20.0 Å². The number of nitrogens with zero attached hydrogens (tertiary/aromatic N) is 4. The van der Waals surface area contributed by atoms with Gasteiger partial charge in [0.1, 0.15) is 0 Å². The maximum atomic E-state index is 12.5. The van der Waals surface area contributed by atoms with Crippen molar-refractivity contribution in [3.63, 3.8) is 0 Å². The van der Waals surface area contributed by atoms with E-state index in [1.165, 1.54) is 43.5 Å². The van der Waals surface area contributed by atoms with Crippen molar-refractivity contribution in [2.45, 2.75) is 39.3 Å². The van der Waals surface area contributed by atoms with E-state index in [1.54, 1.807) is 18.4 Å². The Labute approximate surface area is 191 Å². The van der Waals surface area contributed by atoms with Crippen LogP contribution in [-0.2, 0) is 13.1 Å². The topological polar surface area (TPSA) is 64.3 Å². The molecule has 0 saturated carbocycles. The zero-order valence-electron chi connectivity index (χ0n) is 19.1. The first kappa shape index (κ1) is 22.4. The third-order valence-electron chi connectivity index (χ3n) is 6.22. The fraction of sp³-hybridized carbons (Fsp3) is 0.520. The Kier molecular flexibility index (Phi) is 7.82. The van der Waals surface area contributed by atoms with Crippen LogP contribution in [0.15, 0.2) is 52.1 Å². The SMILES string of the molecule is CCNC(=NCc1ccc(CN2CCCCC2)cc1)N1CCN(C(=O)c2ccco2)CC1. The van der Waals surface area contributed by atoms with Gasteiger partial charge >= 0.3 is 0 Å². The lowest BCUT2D eigenvalue weighted by Crippen LogP contribution is -2.53. The molecule has 7 heteroatoms. The Balaban J connectivity index is 1.30. The number of hydrogen-bond acceptors (Lipinski definition) is 4. The third-order valence-corrected chi connectivity index (χ3v) is 6.22. The fourth-order valence-electron chi connectivity index (χ4n) is 4.40. The molecule has 2 saturated heterocycles. The van der Waals surface area contributed by atoms with Crippen LogP contribution in [0.5, 0.6) is 0 Å². The summed E-state index contributed by atoms with van der Waals surface area (Å²) in [4.78, 5) is 24.0. The van der Waals surface area contributed by atoms with Crippen molar-refractivity contribution in [2.24, 2.45) is 4.99 Å². The average molecular weight is 438 g/mol. The molecule has 32 heavy (non-hydrogen) atoms. The zero-order chi connectivity index (χ0) is 22.2. The van der Waals surface area contributed by atoms with Gasteiger partial charge in [0.25, 0.3) is 5.91 Å². The van der Waals surface area contributed by atoms with Crippen LogP contribution in [0.3, 0.4) is 0 Å². The molecule has 0 bridgehead atoms. The van der Waals surface area contributed by atoms with Crippen molar-refractivity contribution in [2.75, 3.05) is 45.8 Å². The number of piperidine rings is 1. The molecule has 2 fully saturated rings. The molecule has 1 aromatic carbocycles. The molecule has 172 valence electrons. The summed E-state index contributed by atoms with van der Waals surface area (Å²) in [6, 6.07) is 12.4. The smallest absolute Gasteiger partial charge is 0.289 e. The third kappa shape index (κ3) is 5.91. The second-order valence-corrected chi connectivity index (χ2v) is 8.58. The first-order valence-corrected chi connectivity index (χ1v) is 11.9. The summed E-state index contributed by atoms with van der Waals surface area (Å²) in [5.41, 5.74) is 2.60. The lowest BCUT2D eigenvalue weighted by molar-refractivity contribution is 0.0657. The maximum absolute atomic E-state index is 12.5. The predicted octanol–water partition coefficient (Wildman–Crippen LogP) is 3.19. The molecule has 1 amide bonds. The highest BCUT2D eigenvalue weighted by atomic mass is 16.3. The van der Waals surface area contributed by atoms with Crippen LogP contribution in [0, 0.1) is 0 Å². The molecule has 0 radical (unpaired) electrons. The summed E-state index contributed by atoms with van der Waals surface area (Å²) in [5.74, 6) is 1.28. The number of aliphatic imine (C=N–C) groups is 1. The second-order valence-electron chi connectivity index (χ2n) is 8.58. The largest absolute Gasteiger partial charge is 0.459 e. The Hall–Kier alpha value is -2.80. The molecule has 3 heterocycles. The van der Waals surface area contributed by atoms with Crippen molar-refractivity contribution in [3.8, 4) is 0 Å². The van der Waals surface area contributed by atoms with Gasteiger partial charge < -0.3 is 19.5 Å². The minimum absolute atomic E-state index is 0.0405. The summed E-state index contributed by atoms with van der Waals surface area (Å²) in [5, 5.41) is 3.41. The number of rotatable bonds is 6. The van der Waals surface area contributed by atoms with Crippen LogP contribution in [0.4, 0.5) is 0 Å². The molecule has 2 aromatic rings. The quantitative estimate of drug-likeness (QED) is 0.555. The normalized spacial score (nSPS) is 18.1. The van der Waals surface area contributed by atoms with E-state index in [4.69, 9.17) is 9.41 Å². The number of benzene rings is 1. The van der Waals surface area contributed by atoms with Crippen molar-refractivity contribution in [3.05, 3.63) is 59.5 Å². The van der Waals surface area contributed by atoms with Crippen LogP contribution in [0.2, 0.25) is 0 Å². The molecular weight excluding hydrogens is 402 g/mol. The van der Waals surface area contributed by atoms with Gasteiger partial charge in [-0.2, -0.15) is 0 Å². The Morgan fingerprint density at radius 1 is 0.938 bits per heavy atom. The van der Waals surface area contributed by atoms with Crippen LogP contribution in [0.1, 0.15) is 47.9 Å². The Bertz CT molecular complexity index is 864. The molecule has 1 aromatic heterocycles. The number of nitrogens with one attached hydrogen (secondary N) is 1. The van der Waals surface area contributed by atoms with Gasteiger partial charge in [-0.3, -0.25) is 9.69 Å². The Morgan fingerprint density at radius 3 is 2.28 bits per heavy atom. The molecule has 7 nitrogen and oxygen atoms in total. The lowest BCUT2D eigenvalue weighted by Gasteiger charge is -2.36. The second kappa shape index (κ2) is 11.2. The highest BCUT2D eigenvalue weighted by Gasteiger charge is 2.25. The van der Waals surface area contributed by atoms with Gasteiger partial charge in [-0.1, -0.05) is 30.7 Å². The van der Waals surface area contributed by atoms with E-state index in [2.05, 4.69) is 46.3 Å². The first-order chi connectivity index (χ1) is 15.7. The standard InChI is InChI=1S/C25H35N5O2/c1-2-26-25(30-16-14-29(15-17-30)24(31)23-7-6-18-32-23)27-19-21-8-10-22(11-9-21)20-28-12-4-3-5-13-28/h6-11,18H,2-5,12-17,19-20H2,1H3,(H,26,27). The number of guanidine groups is 1. The van der Waals surface area contributed by atoms with E-state index in [-0.39, 0.29) is 5.91 Å². The summed E-state index contributed by atoms with van der Waals surface area (Å²) in [6.45, 7) is 9.88. The van der Waals surface area contributed by atoms with Gasteiger partial charge in [-0.05, 0) is 56.1 Å². The van der Waals surface area contributed by atoms with Crippen LogP contribution in [0.25, 0.3) is 0 Å². The minimum atomic E-state index is -0.0405. The first-order valence-electron chi connectivity index (χ1n) is 11.9. The van der Waals surface area contributed by atoms with Crippen molar-refractivity contribution in [1.29, 1.82) is 0 Å². The molecule has 2 aliphatic rings. The molecule has 0 atom stereocenters. The maximum Gasteiger partial charge on any atom is 0.289 e. The molecule has 0 spiro atoms. The number of furan rings is 1. The number of likely N-dealkylation sites (tertiary alicyclic amines) is 1. The van der Waals surface area contributed by atoms with Crippen molar-refractivity contribution < 1.29 is 9.21 Å². The summed E-state index contributed by atoms with van der Waals surface area (Å²) >= 11 is 0. The van der Waals surface area contributed by atoms with Crippen LogP contribution < -0.4 is 5.32 Å². The van der Waals surface area contributed by atoms with Gasteiger partial charge in [0.2, 0.25) is 0 Å². The van der Waals surface area contributed by atoms with E-state index in [0.29, 0.717) is 25.4 Å². The monoisotopic (exact) mass is 437 g/mol. The number of amides is 1. The summed E-state index contributed by atoms with van der Waals surface area (Å²) in [7, 11) is 0. The molecule has 4 rings (SSSR count). The fourth-order valence-corrected chi connectivity index (χ4v) is 4.40. The van der Waals surface area contributed by atoms with Gasteiger partial charge in [-0.15, -0.1) is 0 Å². The average Bonchev–Trinajstić information content (AvgIpc) is 3.38. The zero-order valence-corrected chi connectivity index (χ0v) is 19.1. The highest BCUT2D eigenvalue weighted by Crippen LogP contribution is 2.14. The van der Waals surface area contributed by atoms with Gasteiger partial charge in [0.05, 0.1) is 12.8 Å². The summed E-state index contributed by atoms with van der Waals surface area (Å²) in [6.07, 6.45) is 5.56. The number of piperazine rings is 1. The number of hydrogen-bond donors (Lipinski definition) is 1. The number of carbonyl (C=O) groups is 1. The highest BCUT2D eigenvalue weighted by molar-refractivity contribution is 5.91. The predicted molar refractivity (Wildman–Crippen MR) is 127 cm³/mol. The van der Waals surface area contributed by atoms with E-state index in [9.17, 15) is 4.79 Å². The van der Waals surface area contributed by atoms with E-state index in [0.717, 1.165) is 32.1 Å². The molecular formula is C25H35N5O2. The lowest BCUT2D eigenvalue weighted by atomic mass is 10.1. The van der Waals surface area contributed by atoms with E-state index in [1.807, 2.05) is 4.90 Å². The molecule has 1 N–H and O–H groups in total.